The van der Waals surface area contributed by atoms with Crippen LogP contribution in [0.25, 0.3) is 0 Å². The van der Waals surface area contributed by atoms with Gasteiger partial charge in [0, 0.05) is 25.7 Å². The Bertz CT molecular complexity index is 1770. The summed E-state index contributed by atoms with van der Waals surface area (Å²) in [5.41, 5.74) is 0. The average molecular weight is 1330 g/mol. The first-order valence-electron chi connectivity index (χ1n) is 36.8. The van der Waals surface area contributed by atoms with E-state index in [0.717, 1.165) is 108 Å². The molecule has 19 heteroatoms. The third-order valence-corrected chi connectivity index (χ3v) is 18.3. The van der Waals surface area contributed by atoms with Crippen LogP contribution in [0.2, 0.25) is 0 Å². The zero-order chi connectivity index (χ0) is 66.6. The van der Waals surface area contributed by atoms with Gasteiger partial charge >= 0.3 is 39.5 Å². The molecule has 0 bridgehead atoms. The molecule has 0 rings (SSSR count). The largest absolute Gasteiger partial charge is 0.472 e. The van der Waals surface area contributed by atoms with Crippen molar-refractivity contribution in [2.75, 3.05) is 39.6 Å². The second-order valence-corrected chi connectivity index (χ2v) is 30.0. The third-order valence-electron chi connectivity index (χ3n) is 16.4. The Labute approximate surface area is 549 Å². The Morgan fingerprint density at radius 2 is 0.511 bits per heavy atom. The average Bonchev–Trinajstić information content (AvgIpc) is 3.68. The number of unbranched alkanes of at least 4 members (excludes halogenated alkanes) is 37. The van der Waals surface area contributed by atoms with E-state index < -0.39 is 97.5 Å². The Balaban J connectivity index is 5.26. The van der Waals surface area contributed by atoms with Crippen LogP contribution in [0.3, 0.4) is 0 Å². The molecule has 0 amide bonds. The van der Waals surface area contributed by atoms with Crippen molar-refractivity contribution in [1.29, 1.82) is 0 Å². The van der Waals surface area contributed by atoms with E-state index in [9.17, 15) is 43.2 Å². The van der Waals surface area contributed by atoms with Crippen molar-refractivity contribution in [1.82, 2.24) is 0 Å². The molecule has 0 heterocycles. The minimum absolute atomic E-state index is 0.105. The molecule has 534 valence electrons. The number of esters is 4. The highest BCUT2D eigenvalue weighted by molar-refractivity contribution is 7.47. The molecule has 17 nitrogen and oxygen atoms in total. The van der Waals surface area contributed by atoms with Crippen LogP contribution >= 0.6 is 15.6 Å². The maximum atomic E-state index is 13.0. The summed E-state index contributed by atoms with van der Waals surface area (Å²) in [6, 6.07) is 0. The molecule has 0 aromatic heterocycles. The number of aliphatic hydroxyl groups excluding tert-OH is 1. The van der Waals surface area contributed by atoms with E-state index in [0.29, 0.717) is 25.7 Å². The molecule has 0 saturated carbocycles. The fourth-order valence-electron chi connectivity index (χ4n) is 10.7. The molecule has 0 aromatic carbocycles. The van der Waals surface area contributed by atoms with Crippen molar-refractivity contribution < 1.29 is 80.2 Å². The van der Waals surface area contributed by atoms with E-state index in [1.54, 1.807) is 0 Å². The van der Waals surface area contributed by atoms with Gasteiger partial charge in [0.1, 0.15) is 19.3 Å². The minimum Gasteiger partial charge on any atom is -0.462 e. The standard InChI is InChI=1S/C71H138O17P2/c1-8-9-10-11-12-13-14-15-16-17-24-33-40-47-54-70(75)87-66(58-81-68(73)52-45-38-31-25-18-21-28-35-42-49-62(2)3)60-85-89(77,78)83-56-65(72)57-84-90(79,80)86-61-67(88-71(76)55-48-41-34-27-20-23-30-37-44-51-64(6)7)59-82-69(74)53-46-39-32-26-19-22-29-36-43-50-63(4)5/h62-67,72H,8-61H2,1-7H3,(H,77,78)(H,79,80)/t65-,66-,67-/m1/s1. The van der Waals surface area contributed by atoms with Crippen molar-refractivity contribution in [2.45, 2.75) is 375 Å². The third kappa shape index (κ3) is 64.8. The Morgan fingerprint density at radius 1 is 0.300 bits per heavy atom. The Kier molecular flexibility index (Phi) is 60.6. The number of hydrogen-bond acceptors (Lipinski definition) is 15. The second-order valence-electron chi connectivity index (χ2n) is 27.1. The van der Waals surface area contributed by atoms with Crippen molar-refractivity contribution in [3.63, 3.8) is 0 Å². The summed E-state index contributed by atoms with van der Waals surface area (Å²) >= 11 is 0. The lowest BCUT2D eigenvalue weighted by Crippen LogP contribution is -2.30. The van der Waals surface area contributed by atoms with Crippen molar-refractivity contribution >= 4 is 39.5 Å². The summed E-state index contributed by atoms with van der Waals surface area (Å²) in [5, 5.41) is 10.6. The van der Waals surface area contributed by atoms with E-state index in [4.69, 9.17) is 37.0 Å². The molecule has 5 atom stereocenters. The molecule has 0 spiro atoms. The second kappa shape index (κ2) is 61.9. The molecule has 3 N–H and O–H groups in total. The first-order valence-corrected chi connectivity index (χ1v) is 39.8. The monoisotopic (exact) mass is 1320 g/mol. The number of carbonyl (C=O) groups is 4. The van der Waals surface area contributed by atoms with Crippen LogP contribution in [0.4, 0.5) is 0 Å². The van der Waals surface area contributed by atoms with Gasteiger partial charge in [-0.2, -0.15) is 0 Å². The van der Waals surface area contributed by atoms with Crippen LogP contribution < -0.4 is 0 Å². The smallest absolute Gasteiger partial charge is 0.462 e. The molecule has 2 unspecified atom stereocenters. The van der Waals surface area contributed by atoms with Gasteiger partial charge in [0.25, 0.3) is 0 Å². The molecule has 0 aliphatic heterocycles. The van der Waals surface area contributed by atoms with Gasteiger partial charge in [-0.05, 0) is 43.4 Å². The van der Waals surface area contributed by atoms with Crippen LogP contribution in [0.1, 0.15) is 357 Å². The predicted molar refractivity (Wildman–Crippen MR) is 363 cm³/mol. The fraction of sp³-hybridized carbons (Fsp3) is 0.944. The highest BCUT2D eigenvalue weighted by Crippen LogP contribution is 2.45. The fourth-order valence-corrected chi connectivity index (χ4v) is 12.3. The molecular formula is C71H138O17P2. The summed E-state index contributed by atoms with van der Waals surface area (Å²) in [6.45, 7) is 11.8. The van der Waals surface area contributed by atoms with Crippen LogP contribution in [0, 0.1) is 17.8 Å². The van der Waals surface area contributed by atoms with Crippen molar-refractivity contribution in [2.24, 2.45) is 17.8 Å². The summed E-state index contributed by atoms with van der Waals surface area (Å²) in [5.74, 6) is 0.0998. The number of carbonyl (C=O) groups excluding carboxylic acids is 4. The summed E-state index contributed by atoms with van der Waals surface area (Å²) in [6.07, 6.45) is 45.7. The lowest BCUT2D eigenvalue weighted by Gasteiger charge is -2.21. The lowest BCUT2D eigenvalue weighted by molar-refractivity contribution is -0.161. The van der Waals surface area contributed by atoms with Gasteiger partial charge in [0.05, 0.1) is 26.4 Å². The van der Waals surface area contributed by atoms with Gasteiger partial charge in [-0.1, -0.05) is 305 Å². The molecule has 0 aromatic rings. The molecule has 0 aliphatic carbocycles. The number of ether oxygens (including phenoxy) is 4. The van der Waals surface area contributed by atoms with E-state index in [1.165, 1.54) is 167 Å². The number of phosphoric ester groups is 2. The number of aliphatic hydroxyl groups is 1. The summed E-state index contributed by atoms with van der Waals surface area (Å²) in [4.78, 5) is 72.6. The molecule has 90 heavy (non-hydrogen) atoms. The highest BCUT2D eigenvalue weighted by Gasteiger charge is 2.30. The zero-order valence-electron chi connectivity index (χ0n) is 58.6. The van der Waals surface area contributed by atoms with E-state index in [-0.39, 0.29) is 25.7 Å². The van der Waals surface area contributed by atoms with Gasteiger partial charge in [-0.15, -0.1) is 0 Å². The van der Waals surface area contributed by atoms with Crippen LogP contribution in [0.15, 0.2) is 0 Å². The predicted octanol–water partition coefficient (Wildman–Crippen LogP) is 20.2. The van der Waals surface area contributed by atoms with Gasteiger partial charge < -0.3 is 33.8 Å². The topological polar surface area (TPSA) is 237 Å². The van der Waals surface area contributed by atoms with E-state index in [1.807, 2.05) is 0 Å². The lowest BCUT2D eigenvalue weighted by atomic mass is 10.0. The van der Waals surface area contributed by atoms with Crippen LogP contribution in [-0.2, 0) is 65.4 Å². The van der Waals surface area contributed by atoms with Gasteiger partial charge in [-0.25, -0.2) is 9.13 Å². The summed E-state index contributed by atoms with van der Waals surface area (Å²) < 4.78 is 68.3. The number of hydrogen-bond donors (Lipinski definition) is 3. The van der Waals surface area contributed by atoms with E-state index in [2.05, 4.69) is 48.5 Å². The van der Waals surface area contributed by atoms with Gasteiger partial charge in [0.2, 0.25) is 0 Å². The van der Waals surface area contributed by atoms with Crippen molar-refractivity contribution in [3.8, 4) is 0 Å². The number of phosphoric acid groups is 2. The Hall–Kier alpha value is -1.94. The minimum atomic E-state index is -4.95. The molecular weight excluding hydrogens is 1190 g/mol. The SMILES string of the molecule is CCCCCCCCCCCCCCCCC(=O)O[C@H](COC(=O)CCCCCCCCCCCC(C)C)COP(=O)(O)OC[C@@H](O)COP(=O)(O)OC[C@@H](COC(=O)CCCCCCCCCCCC(C)C)OC(=O)CCCCCCCCCCCC(C)C. The molecule has 0 aliphatic rings. The first kappa shape index (κ1) is 88.1. The zero-order valence-corrected chi connectivity index (χ0v) is 60.4. The molecule has 0 radical (unpaired) electrons. The molecule has 0 saturated heterocycles. The summed E-state index contributed by atoms with van der Waals surface area (Å²) in [7, 11) is -9.90. The quantitative estimate of drug-likeness (QED) is 0.0222. The Morgan fingerprint density at radius 3 is 0.756 bits per heavy atom. The van der Waals surface area contributed by atoms with Gasteiger partial charge in [0.15, 0.2) is 12.2 Å². The van der Waals surface area contributed by atoms with Crippen LogP contribution in [0.5, 0.6) is 0 Å². The van der Waals surface area contributed by atoms with E-state index >= 15 is 0 Å². The van der Waals surface area contributed by atoms with Gasteiger partial charge in [-0.3, -0.25) is 37.3 Å². The maximum absolute atomic E-state index is 13.0. The normalized spacial score (nSPS) is 14.2. The first-order chi connectivity index (χ1) is 43.2. The highest BCUT2D eigenvalue weighted by atomic mass is 31.2. The molecule has 0 fully saturated rings. The number of rotatable bonds is 69. The maximum Gasteiger partial charge on any atom is 0.472 e. The van der Waals surface area contributed by atoms with Crippen molar-refractivity contribution in [3.05, 3.63) is 0 Å². The van der Waals surface area contributed by atoms with Crippen LogP contribution in [-0.4, -0.2) is 96.7 Å².